The highest BCUT2D eigenvalue weighted by Crippen LogP contribution is 2.24. The molecule has 0 saturated carbocycles. The monoisotopic (exact) mass is 241 g/mol. The fourth-order valence-corrected chi connectivity index (χ4v) is 2.71. The van der Waals surface area contributed by atoms with Gasteiger partial charge in [0.2, 0.25) is 0 Å². The minimum absolute atomic E-state index is 0.691. The summed E-state index contributed by atoms with van der Waals surface area (Å²) in [7, 11) is 0. The van der Waals surface area contributed by atoms with Crippen LogP contribution < -0.4 is 5.32 Å². The Morgan fingerprint density at radius 1 is 1.44 bits per heavy atom. The van der Waals surface area contributed by atoms with Gasteiger partial charge in [-0.3, -0.25) is 0 Å². The van der Waals surface area contributed by atoms with Crippen LogP contribution in [0.3, 0.4) is 0 Å². The van der Waals surface area contributed by atoms with Crippen molar-refractivity contribution in [3.8, 4) is 0 Å². The molecule has 92 valence electrons. The number of hydrogen-bond acceptors (Lipinski definition) is 3. The summed E-state index contributed by atoms with van der Waals surface area (Å²) in [6.07, 6.45) is 5.53. The third-order valence-electron chi connectivity index (χ3n) is 2.75. The minimum atomic E-state index is 0.691. The highest BCUT2D eigenvalue weighted by atomic mass is 32.2. The fourth-order valence-electron chi connectivity index (χ4n) is 1.77. The molecule has 1 unspecified atom stereocenters. The van der Waals surface area contributed by atoms with E-state index in [1.54, 1.807) is 6.26 Å². The van der Waals surface area contributed by atoms with Gasteiger partial charge in [-0.25, -0.2) is 0 Å². The predicted octanol–water partition coefficient (Wildman–Crippen LogP) is 3.85. The first-order valence-electron chi connectivity index (χ1n) is 6.18. The summed E-state index contributed by atoms with van der Waals surface area (Å²) in [6, 6.07) is 2.75. The van der Waals surface area contributed by atoms with Gasteiger partial charge in [0.1, 0.15) is 5.76 Å². The molecule has 0 aliphatic carbocycles. The standard InChI is InChI=1S/C13H23NOS/c1-4-12(14-5-2)7-6-10-16-13-8-9-15-11(13)3/h8-9,12,14H,4-7,10H2,1-3H3. The molecular weight excluding hydrogens is 218 g/mol. The lowest BCUT2D eigenvalue weighted by atomic mass is 10.1. The number of hydrogen-bond donors (Lipinski definition) is 1. The van der Waals surface area contributed by atoms with Crippen LogP contribution in [0.1, 0.15) is 38.9 Å². The van der Waals surface area contributed by atoms with E-state index in [1.807, 2.05) is 18.7 Å². The van der Waals surface area contributed by atoms with Crippen molar-refractivity contribution >= 4 is 11.8 Å². The van der Waals surface area contributed by atoms with Crippen molar-refractivity contribution in [1.29, 1.82) is 0 Å². The van der Waals surface area contributed by atoms with Gasteiger partial charge in [-0.05, 0) is 44.6 Å². The van der Waals surface area contributed by atoms with Gasteiger partial charge in [-0.1, -0.05) is 13.8 Å². The van der Waals surface area contributed by atoms with Crippen LogP contribution in [0.5, 0.6) is 0 Å². The molecule has 3 heteroatoms. The van der Waals surface area contributed by atoms with E-state index in [-0.39, 0.29) is 0 Å². The zero-order valence-corrected chi connectivity index (χ0v) is 11.4. The number of aryl methyl sites for hydroxylation is 1. The molecule has 0 bridgehead atoms. The molecule has 0 saturated heterocycles. The summed E-state index contributed by atoms with van der Waals surface area (Å²) in [5, 5.41) is 3.51. The lowest BCUT2D eigenvalue weighted by Gasteiger charge is -2.14. The highest BCUT2D eigenvalue weighted by molar-refractivity contribution is 7.99. The summed E-state index contributed by atoms with van der Waals surface area (Å²) in [6.45, 7) is 7.52. The largest absolute Gasteiger partial charge is 0.468 e. The van der Waals surface area contributed by atoms with Gasteiger partial charge in [-0.15, -0.1) is 11.8 Å². The van der Waals surface area contributed by atoms with Crippen molar-refractivity contribution in [1.82, 2.24) is 5.32 Å². The van der Waals surface area contributed by atoms with Crippen LogP contribution in [0.2, 0.25) is 0 Å². The van der Waals surface area contributed by atoms with Gasteiger partial charge < -0.3 is 9.73 Å². The summed E-state index contributed by atoms with van der Waals surface area (Å²) >= 11 is 1.90. The summed E-state index contributed by atoms with van der Waals surface area (Å²) in [4.78, 5) is 1.29. The molecule has 16 heavy (non-hydrogen) atoms. The molecule has 0 amide bonds. The molecule has 0 radical (unpaired) electrons. The maximum absolute atomic E-state index is 5.27. The van der Waals surface area contributed by atoms with E-state index in [0.717, 1.165) is 12.3 Å². The van der Waals surface area contributed by atoms with Crippen molar-refractivity contribution in [2.24, 2.45) is 0 Å². The Hall–Kier alpha value is -0.410. The van der Waals surface area contributed by atoms with Crippen molar-refractivity contribution in [3.63, 3.8) is 0 Å². The average molecular weight is 241 g/mol. The van der Waals surface area contributed by atoms with E-state index in [1.165, 1.54) is 29.9 Å². The van der Waals surface area contributed by atoms with Crippen LogP contribution in [0.25, 0.3) is 0 Å². The van der Waals surface area contributed by atoms with E-state index in [4.69, 9.17) is 4.42 Å². The minimum Gasteiger partial charge on any atom is -0.468 e. The van der Waals surface area contributed by atoms with Gasteiger partial charge in [0.25, 0.3) is 0 Å². The highest BCUT2D eigenvalue weighted by Gasteiger charge is 2.05. The van der Waals surface area contributed by atoms with Crippen LogP contribution in [0.4, 0.5) is 0 Å². The number of rotatable bonds is 8. The lowest BCUT2D eigenvalue weighted by molar-refractivity contribution is 0.477. The average Bonchev–Trinajstić information content (AvgIpc) is 2.69. The third kappa shape index (κ3) is 4.62. The maximum Gasteiger partial charge on any atom is 0.114 e. The van der Waals surface area contributed by atoms with E-state index in [2.05, 4.69) is 25.2 Å². The summed E-state index contributed by atoms with van der Waals surface area (Å²) in [5.41, 5.74) is 0. The van der Waals surface area contributed by atoms with E-state index in [0.29, 0.717) is 6.04 Å². The normalized spacial score (nSPS) is 12.9. The van der Waals surface area contributed by atoms with E-state index < -0.39 is 0 Å². The zero-order chi connectivity index (χ0) is 11.8. The second-order valence-corrected chi connectivity index (χ2v) is 5.13. The molecule has 0 aromatic carbocycles. The Morgan fingerprint density at radius 2 is 2.25 bits per heavy atom. The molecule has 1 aromatic rings. The SMILES string of the molecule is CCNC(CC)CCCSc1ccoc1C. The van der Waals surface area contributed by atoms with Gasteiger partial charge in [0.05, 0.1) is 6.26 Å². The number of nitrogens with one attached hydrogen (secondary N) is 1. The molecule has 1 aromatic heterocycles. The van der Waals surface area contributed by atoms with Gasteiger partial charge >= 0.3 is 0 Å². The topological polar surface area (TPSA) is 25.2 Å². The van der Waals surface area contributed by atoms with Crippen molar-refractivity contribution in [2.45, 2.75) is 51.0 Å². The van der Waals surface area contributed by atoms with Gasteiger partial charge in [-0.2, -0.15) is 0 Å². The molecular formula is C13H23NOS. The molecule has 1 heterocycles. The molecule has 2 nitrogen and oxygen atoms in total. The van der Waals surface area contributed by atoms with Crippen molar-refractivity contribution < 1.29 is 4.42 Å². The van der Waals surface area contributed by atoms with Gasteiger partial charge in [0, 0.05) is 10.9 Å². The number of thioether (sulfide) groups is 1. The van der Waals surface area contributed by atoms with Crippen LogP contribution in [-0.2, 0) is 0 Å². The molecule has 0 spiro atoms. The van der Waals surface area contributed by atoms with Crippen molar-refractivity contribution in [2.75, 3.05) is 12.3 Å². The first-order valence-corrected chi connectivity index (χ1v) is 7.16. The quantitative estimate of drug-likeness (QED) is 0.553. The van der Waals surface area contributed by atoms with E-state index in [9.17, 15) is 0 Å². The Morgan fingerprint density at radius 3 is 2.81 bits per heavy atom. The second kappa shape index (κ2) is 7.80. The first kappa shape index (κ1) is 13.7. The zero-order valence-electron chi connectivity index (χ0n) is 10.6. The Bertz CT molecular complexity index is 285. The van der Waals surface area contributed by atoms with Crippen LogP contribution >= 0.6 is 11.8 Å². The second-order valence-electron chi connectivity index (χ2n) is 3.99. The third-order valence-corrected chi connectivity index (χ3v) is 3.98. The Balaban J connectivity index is 2.14. The Kier molecular flexibility index (Phi) is 6.65. The van der Waals surface area contributed by atoms with Gasteiger partial charge in [0.15, 0.2) is 0 Å². The van der Waals surface area contributed by atoms with Crippen LogP contribution in [0, 0.1) is 6.92 Å². The molecule has 1 N–H and O–H groups in total. The lowest BCUT2D eigenvalue weighted by Crippen LogP contribution is -2.28. The molecule has 0 aliphatic heterocycles. The molecule has 1 atom stereocenters. The summed E-state index contributed by atoms with van der Waals surface area (Å²) < 4.78 is 5.27. The number of furan rings is 1. The van der Waals surface area contributed by atoms with Crippen LogP contribution in [-0.4, -0.2) is 18.3 Å². The Labute approximate surface area is 103 Å². The fraction of sp³-hybridized carbons (Fsp3) is 0.692. The predicted molar refractivity (Wildman–Crippen MR) is 71.2 cm³/mol. The summed E-state index contributed by atoms with van der Waals surface area (Å²) in [5.74, 6) is 2.23. The van der Waals surface area contributed by atoms with Crippen molar-refractivity contribution in [3.05, 3.63) is 18.1 Å². The maximum atomic E-state index is 5.27. The van der Waals surface area contributed by atoms with E-state index >= 15 is 0 Å². The molecule has 0 fully saturated rings. The smallest absolute Gasteiger partial charge is 0.114 e. The molecule has 0 aliphatic rings. The van der Waals surface area contributed by atoms with Crippen LogP contribution in [0.15, 0.2) is 21.6 Å². The molecule has 1 rings (SSSR count). The first-order chi connectivity index (χ1) is 7.77.